The Labute approximate surface area is 86.4 Å². The van der Waals surface area contributed by atoms with Crippen LogP contribution in [0.4, 0.5) is 0 Å². The summed E-state index contributed by atoms with van der Waals surface area (Å²) in [6.07, 6.45) is 0.763. The third-order valence-corrected chi connectivity index (χ3v) is 2.84. The van der Waals surface area contributed by atoms with Crippen LogP contribution in [0, 0.1) is 6.92 Å². The van der Waals surface area contributed by atoms with Crippen molar-refractivity contribution in [3.05, 3.63) is 29.2 Å². The van der Waals surface area contributed by atoms with E-state index in [2.05, 4.69) is 20.8 Å². The van der Waals surface area contributed by atoms with Crippen LogP contribution in [-0.4, -0.2) is 21.3 Å². The molecule has 2 rings (SSSR count). The molecule has 2 aromatic heterocycles. The molecule has 0 unspecified atom stereocenters. The second kappa shape index (κ2) is 3.89. The fraction of sp³-hybridized carbons (Fsp3) is 0.333. The molecule has 0 saturated heterocycles. The van der Waals surface area contributed by atoms with Crippen LogP contribution in [0.25, 0.3) is 5.00 Å². The number of aryl methyl sites for hydroxylation is 1. The Bertz CT molecular complexity index is 404. The second-order valence-electron chi connectivity index (χ2n) is 2.99. The summed E-state index contributed by atoms with van der Waals surface area (Å²) < 4.78 is 2.05. The number of hydrogen-bond acceptors (Lipinski definition) is 4. The van der Waals surface area contributed by atoms with E-state index in [1.54, 1.807) is 11.3 Å². The molecule has 0 aliphatic rings. The van der Waals surface area contributed by atoms with Gasteiger partial charge < -0.3 is 5.73 Å². The summed E-state index contributed by atoms with van der Waals surface area (Å²) in [5.41, 5.74) is 5.51. The summed E-state index contributed by atoms with van der Waals surface area (Å²) in [5, 5.41) is 11.3. The Morgan fingerprint density at radius 2 is 2.36 bits per heavy atom. The van der Waals surface area contributed by atoms with Gasteiger partial charge in [0.25, 0.3) is 0 Å². The lowest BCUT2D eigenvalue weighted by atomic mass is 10.4. The van der Waals surface area contributed by atoms with Crippen LogP contribution in [0.3, 0.4) is 0 Å². The zero-order chi connectivity index (χ0) is 9.97. The third kappa shape index (κ3) is 1.56. The highest BCUT2D eigenvalue weighted by Crippen LogP contribution is 2.18. The summed E-state index contributed by atoms with van der Waals surface area (Å²) in [6, 6.07) is 4.08. The van der Waals surface area contributed by atoms with Crippen molar-refractivity contribution in [2.75, 3.05) is 6.54 Å². The zero-order valence-corrected chi connectivity index (χ0v) is 8.79. The molecule has 4 nitrogen and oxygen atoms in total. The SMILES string of the molecule is Cc1nnc(CCN)n1-c1cccs1. The molecule has 0 aliphatic carbocycles. The minimum Gasteiger partial charge on any atom is -0.330 e. The van der Waals surface area contributed by atoms with Crippen LogP contribution in [0.1, 0.15) is 11.6 Å². The van der Waals surface area contributed by atoms with E-state index in [1.165, 1.54) is 0 Å². The zero-order valence-electron chi connectivity index (χ0n) is 7.97. The van der Waals surface area contributed by atoms with E-state index in [-0.39, 0.29) is 0 Å². The first-order valence-electron chi connectivity index (χ1n) is 4.48. The number of aromatic nitrogens is 3. The molecule has 0 aromatic carbocycles. The van der Waals surface area contributed by atoms with Crippen molar-refractivity contribution in [2.24, 2.45) is 5.73 Å². The molecule has 0 bridgehead atoms. The van der Waals surface area contributed by atoms with Gasteiger partial charge in [0.2, 0.25) is 0 Å². The first kappa shape index (κ1) is 9.36. The number of nitrogens with two attached hydrogens (primary N) is 1. The van der Waals surface area contributed by atoms with Crippen molar-refractivity contribution in [1.82, 2.24) is 14.8 Å². The molecular formula is C9H12N4S. The van der Waals surface area contributed by atoms with Crippen LogP contribution in [0.2, 0.25) is 0 Å². The second-order valence-corrected chi connectivity index (χ2v) is 3.91. The predicted molar refractivity (Wildman–Crippen MR) is 56.7 cm³/mol. The van der Waals surface area contributed by atoms with Crippen molar-refractivity contribution < 1.29 is 0 Å². The van der Waals surface area contributed by atoms with Crippen molar-refractivity contribution in [2.45, 2.75) is 13.3 Å². The van der Waals surface area contributed by atoms with Crippen LogP contribution in [-0.2, 0) is 6.42 Å². The maximum absolute atomic E-state index is 5.51. The molecule has 0 amide bonds. The van der Waals surface area contributed by atoms with Gasteiger partial charge in [0.05, 0.1) is 0 Å². The molecule has 2 aromatic rings. The van der Waals surface area contributed by atoms with Gasteiger partial charge in [-0.3, -0.25) is 4.57 Å². The summed E-state index contributed by atoms with van der Waals surface area (Å²) in [5.74, 6) is 1.85. The van der Waals surface area contributed by atoms with Crippen LogP contribution >= 0.6 is 11.3 Å². The fourth-order valence-electron chi connectivity index (χ4n) is 1.38. The monoisotopic (exact) mass is 208 g/mol. The van der Waals surface area contributed by atoms with E-state index in [1.807, 2.05) is 18.4 Å². The van der Waals surface area contributed by atoms with Crippen molar-refractivity contribution >= 4 is 11.3 Å². The van der Waals surface area contributed by atoms with Gasteiger partial charge in [0, 0.05) is 6.42 Å². The summed E-state index contributed by atoms with van der Waals surface area (Å²) in [4.78, 5) is 0. The average molecular weight is 208 g/mol. The number of rotatable bonds is 3. The van der Waals surface area contributed by atoms with E-state index in [4.69, 9.17) is 5.73 Å². The first-order valence-corrected chi connectivity index (χ1v) is 5.35. The van der Waals surface area contributed by atoms with Crippen molar-refractivity contribution in [3.63, 3.8) is 0 Å². The molecule has 2 heterocycles. The van der Waals surface area contributed by atoms with Crippen LogP contribution in [0.15, 0.2) is 17.5 Å². The topological polar surface area (TPSA) is 56.7 Å². The van der Waals surface area contributed by atoms with Gasteiger partial charge in [-0.05, 0) is 31.0 Å². The Hall–Kier alpha value is -1.20. The quantitative estimate of drug-likeness (QED) is 0.823. The maximum atomic E-state index is 5.51. The van der Waals surface area contributed by atoms with Gasteiger partial charge in [-0.25, -0.2) is 0 Å². The number of nitrogens with zero attached hydrogens (tertiary/aromatic N) is 3. The van der Waals surface area contributed by atoms with E-state index in [9.17, 15) is 0 Å². The van der Waals surface area contributed by atoms with Crippen LogP contribution in [0.5, 0.6) is 0 Å². The minimum absolute atomic E-state index is 0.601. The lowest BCUT2D eigenvalue weighted by Gasteiger charge is -2.03. The van der Waals surface area contributed by atoms with Gasteiger partial charge in [-0.2, -0.15) is 0 Å². The summed E-state index contributed by atoms with van der Waals surface area (Å²) >= 11 is 1.68. The van der Waals surface area contributed by atoms with Crippen LogP contribution < -0.4 is 5.73 Å². The first-order chi connectivity index (χ1) is 6.83. The minimum atomic E-state index is 0.601. The summed E-state index contributed by atoms with van der Waals surface area (Å²) in [6.45, 7) is 2.55. The highest BCUT2D eigenvalue weighted by Gasteiger charge is 2.09. The van der Waals surface area contributed by atoms with E-state index in [0.29, 0.717) is 6.54 Å². The normalized spacial score (nSPS) is 10.7. The van der Waals surface area contributed by atoms with Gasteiger partial charge in [-0.15, -0.1) is 21.5 Å². The van der Waals surface area contributed by atoms with Gasteiger partial charge >= 0.3 is 0 Å². The molecular weight excluding hydrogens is 196 g/mol. The lowest BCUT2D eigenvalue weighted by Crippen LogP contribution is -2.08. The molecule has 5 heteroatoms. The molecule has 2 N–H and O–H groups in total. The van der Waals surface area contributed by atoms with E-state index in [0.717, 1.165) is 23.1 Å². The van der Waals surface area contributed by atoms with Gasteiger partial charge in [0.1, 0.15) is 16.6 Å². The van der Waals surface area contributed by atoms with Crippen molar-refractivity contribution in [3.8, 4) is 5.00 Å². The van der Waals surface area contributed by atoms with E-state index < -0.39 is 0 Å². The molecule has 0 aliphatic heterocycles. The Balaban J connectivity index is 2.45. The predicted octanol–water partition coefficient (Wildman–Crippen LogP) is 1.14. The largest absolute Gasteiger partial charge is 0.330 e. The Kier molecular flexibility index (Phi) is 2.60. The molecule has 0 spiro atoms. The maximum Gasteiger partial charge on any atom is 0.139 e. The van der Waals surface area contributed by atoms with Gasteiger partial charge in [-0.1, -0.05) is 0 Å². The van der Waals surface area contributed by atoms with Crippen molar-refractivity contribution in [1.29, 1.82) is 0 Å². The fourth-order valence-corrected chi connectivity index (χ4v) is 2.18. The number of hydrogen-bond donors (Lipinski definition) is 1. The summed E-state index contributed by atoms with van der Waals surface area (Å²) in [7, 11) is 0. The molecule has 0 fully saturated rings. The highest BCUT2D eigenvalue weighted by atomic mass is 32.1. The highest BCUT2D eigenvalue weighted by molar-refractivity contribution is 7.12. The molecule has 0 atom stereocenters. The lowest BCUT2D eigenvalue weighted by molar-refractivity contribution is 0.830. The standard InChI is InChI=1S/C9H12N4S/c1-7-11-12-8(4-5-10)13(7)9-3-2-6-14-9/h2-3,6H,4-5,10H2,1H3. The Morgan fingerprint density at radius 3 is 3.00 bits per heavy atom. The molecule has 0 radical (unpaired) electrons. The Morgan fingerprint density at radius 1 is 1.50 bits per heavy atom. The van der Waals surface area contributed by atoms with E-state index >= 15 is 0 Å². The molecule has 14 heavy (non-hydrogen) atoms. The smallest absolute Gasteiger partial charge is 0.139 e. The number of thiophene rings is 1. The average Bonchev–Trinajstić information content (AvgIpc) is 2.76. The molecule has 74 valence electrons. The third-order valence-electron chi connectivity index (χ3n) is 1.99. The molecule has 0 saturated carbocycles. The van der Waals surface area contributed by atoms with Gasteiger partial charge in [0.15, 0.2) is 0 Å².